The van der Waals surface area contributed by atoms with Crippen LogP contribution in [0, 0.1) is 5.41 Å². The van der Waals surface area contributed by atoms with Gasteiger partial charge in [0.05, 0.1) is 19.1 Å². The van der Waals surface area contributed by atoms with E-state index in [2.05, 4.69) is 0 Å². The molecule has 0 saturated heterocycles. The molecule has 1 heterocycles. The van der Waals surface area contributed by atoms with Gasteiger partial charge in [0, 0.05) is 5.56 Å². The van der Waals surface area contributed by atoms with E-state index in [-0.39, 0.29) is 5.92 Å². The van der Waals surface area contributed by atoms with Crippen LogP contribution in [0.4, 0.5) is 0 Å². The lowest BCUT2D eigenvalue weighted by atomic mass is 9.93. The SMILES string of the molecule is CCOC(=N)C1CCOc2ccccc21. The fourth-order valence-corrected chi connectivity index (χ4v) is 1.87. The minimum atomic E-state index is 0.0647. The molecular formula is C12H15NO2. The van der Waals surface area contributed by atoms with Crippen molar-refractivity contribution < 1.29 is 9.47 Å². The number of fused-ring (bicyclic) bond motifs is 1. The number of rotatable bonds is 2. The highest BCUT2D eigenvalue weighted by atomic mass is 16.5. The van der Waals surface area contributed by atoms with E-state index in [1.54, 1.807) is 0 Å². The molecule has 1 aromatic carbocycles. The molecular weight excluding hydrogens is 190 g/mol. The second-order valence-electron chi connectivity index (χ2n) is 3.52. The molecule has 0 saturated carbocycles. The number of para-hydroxylation sites is 1. The molecule has 3 heteroatoms. The Kier molecular flexibility index (Phi) is 2.90. The second-order valence-corrected chi connectivity index (χ2v) is 3.52. The Bertz CT molecular complexity index is 362. The molecule has 0 spiro atoms. The standard InChI is InChI=1S/C12H15NO2/c1-2-14-12(13)10-7-8-15-11-6-4-3-5-9(10)11/h3-6,10,13H,2,7-8H2,1H3. The molecule has 1 aliphatic heterocycles. The van der Waals surface area contributed by atoms with Gasteiger partial charge in [-0.1, -0.05) is 18.2 Å². The van der Waals surface area contributed by atoms with Gasteiger partial charge < -0.3 is 9.47 Å². The molecule has 1 atom stereocenters. The Morgan fingerprint density at radius 1 is 1.53 bits per heavy atom. The maximum Gasteiger partial charge on any atom is 0.188 e. The van der Waals surface area contributed by atoms with Gasteiger partial charge in [-0.3, -0.25) is 5.41 Å². The summed E-state index contributed by atoms with van der Waals surface area (Å²) in [4.78, 5) is 0. The summed E-state index contributed by atoms with van der Waals surface area (Å²) < 4.78 is 10.8. The maximum absolute atomic E-state index is 7.84. The summed E-state index contributed by atoms with van der Waals surface area (Å²) in [5, 5.41) is 7.84. The van der Waals surface area contributed by atoms with Gasteiger partial charge in [-0.15, -0.1) is 0 Å². The third-order valence-corrected chi connectivity index (χ3v) is 2.57. The highest BCUT2D eigenvalue weighted by molar-refractivity contribution is 5.82. The summed E-state index contributed by atoms with van der Waals surface area (Å²) in [5.41, 5.74) is 1.07. The number of hydrogen-bond acceptors (Lipinski definition) is 3. The quantitative estimate of drug-likeness (QED) is 0.595. The van der Waals surface area contributed by atoms with Gasteiger partial charge in [-0.05, 0) is 19.4 Å². The summed E-state index contributed by atoms with van der Waals surface area (Å²) in [6.45, 7) is 3.12. The summed E-state index contributed by atoms with van der Waals surface area (Å²) in [7, 11) is 0. The third-order valence-electron chi connectivity index (χ3n) is 2.57. The van der Waals surface area contributed by atoms with E-state index in [4.69, 9.17) is 14.9 Å². The van der Waals surface area contributed by atoms with E-state index >= 15 is 0 Å². The van der Waals surface area contributed by atoms with E-state index in [0.29, 0.717) is 19.1 Å². The van der Waals surface area contributed by atoms with Crippen LogP contribution in [-0.4, -0.2) is 19.1 Å². The zero-order valence-electron chi connectivity index (χ0n) is 8.82. The fraction of sp³-hybridized carbons (Fsp3) is 0.417. The molecule has 1 aromatic rings. The fourth-order valence-electron chi connectivity index (χ4n) is 1.87. The van der Waals surface area contributed by atoms with Gasteiger partial charge in [0.15, 0.2) is 5.90 Å². The Balaban J connectivity index is 2.25. The number of nitrogens with one attached hydrogen (secondary N) is 1. The number of benzene rings is 1. The molecule has 1 aliphatic rings. The number of ether oxygens (including phenoxy) is 2. The molecule has 0 aromatic heterocycles. The first kappa shape index (κ1) is 10.0. The predicted molar refractivity (Wildman–Crippen MR) is 58.6 cm³/mol. The topological polar surface area (TPSA) is 42.3 Å². The van der Waals surface area contributed by atoms with E-state index in [1.165, 1.54) is 0 Å². The highest BCUT2D eigenvalue weighted by Crippen LogP contribution is 2.34. The molecule has 0 radical (unpaired) electrons. The van der Waals surface area contributed by atoms with Gasteiger partial charge in [0.1, 0.15) is 5.75 Å². The molecule has 0 aliphatic carbocycles. The summed E-state index contributed by atoms with van der Waals surface area (Å²) in [6, 6.07) is 7.87. The molecule has 1 N–H and O–H groups in total. The predicted octanol–water partition coefficient (Wildman–Crippen LogP) is 2.57. The largest absolute Gasteiger partial charge is 0.493 e. The average Bonchev–Trinajstić information content (AvgIpc) is 2.28. The first-order valence-electron chi connectivity index (χ1n) is 5.26. The molecule has 1 unspecified atom stereocenters. The van der Waals surface area contributed by atoms with Crippen molar-refractivity contribution in [1.82, 2.24) is 0 Å². The van der Waals surface area contributed by atoms with Gasteiger partial charge in [0.2, 0.25) is 0 Å². The van der Waals surface area contributed by atoms with Crippen LogP contribution < -0.4 is 4.74 Å². The summed E-state index contributed by atoms with van der Waals surface area (Å²) >= 11 is 0. The van der Waals surface area contributed by atoms with E-state index in [0.717, 1.165) is 17.7 Å². The third kappa shape index (κ3) is 1.96. The van der Waals surface area contributed by atoms with Crippen molar-refractivity contribution in [3.63, 3.8) is 0 Å². The zero-order valence-corrected chi connectivity index (χ0v) is 8.82. The number of hydrogen-bond donors (Lipinski definition) is 1. The molecule has 0 amide bonds. The summed E-state index contributed by atoms with van der Waals surface area (Å²) in [5.74, 6) is 1.31. The van der Waals surface area contributed by atoms with Gasteiger partial charge >= 0.3 is 0 Å². The van der Waals surface area contributed by atoms with Gasteiger partial charge in [0.25, 0.3) is 0 Å². The minimum absolute atomic E-state index is 0.0647. The highest BCUT2D eigenvalue weighted by Gasteiger charge is 2.25. The van der Waals surface area contributed by atoms with E-state index in [9.17, 15) is 0 Å². The Morgan fingerprint density at radius 3 is 3.13 bits per heavy atom. The summed E-state index contributed by atoms with van der Waals surface area (Å²) in [6.07, 6.45) is 0.829. The van der Waals surface area contributed by atoms with Crippen LogP contribution in [0.2, 0.25) is 0 Å². The lowest BCUT2D eigenvalue weighted by molar-refractivity contribution is 0.256. The average molecular weight is 205 g/mol. The van der Waals surface area contributed by atoms with Crippen molar-refractivity contribution in [2.24, 2.45) is 0 Å². The molecule has 0 bridgehead atoms. The molecule has 3 nitrogen and oxygen atoms in total. The molecule has 15 heavy (non-hydrogen) atoms. The monoisotopic (exact) mass is 205 g/mol. The maximum atomic E-state index is 7.84. The molecule has 2 rings (SSSR count). The smallest absolute Gasteiger partial charge is 0.188 e. The van der Waals surface area contributed by atoms with Gasteiger partial charge in [-0.25, -0.2) is 0 Å². The lowest BCUT2D eigenvalue weighted by Gasteiger charge is -2.25. The Labute approximate surface area is 89.5 Å². The van der Waals surface area contributed by atoms with Crippen LogP contribution in [0.5, 0.6) is 5.75 Å². The zero-order chi connectivity index (χ0) is 10.7. The first-order chi connectivity index (χ1) is 7.33. The van der Waals surface area contributed by atoms with Crippen LogP contribution in [0.15, 0.2) is 24.3 Å². The van der Waals surface area contributed by atoms with Crippen LogP contribution in [0.1, 0.15) is 24.8 Å². The van der Waals surface area contributed by atoms with Crippen LogP contribution in [-0.2, 0) is 4.74 Å². The van der Waals surface area contributed by atoms with Crippen molar-refractivity contribution in [2.45, 2.75) is 19.3 Å². The molecule has 0 fully saturated rings. The second kappa shape index (κ2) is 4.34. The Hall–Kier alpha value is -1.51. The molecule has 80 valence electrons. The van der Waals surface area contributed by atoms with Crippen LogP contribution in [0.25, 0.3) is 0 Å². The van der Waals surface area contributed by atoms with Gasteiger partial charge in [-0.2, -0.15) is 0 Å². The van der Waals surface area contributed by atoms with Crippen LogP contribution in [0.3, 0.4) is 0 Å². The van der Waals surface area contributed by atoms with Crippen molar-refractivity contribution in [1.29, 1.82) is 5.41 Å². The normalized spacial score (nSPS) is 18.9. The Morgan fingerprint density at radius 2 is 2.33 bits per heavy atom. The van der Waals surface area contributed by atoms with Crippen LogP contribution >= 0.6 is 0 Å². The van der Waals surface area contributed by atoms with Crippen molar-refractivity contribution in [3.05, 3.63) is 29.8 Å². The minimum Gasteiger partial charge on any atom is -0.493 e. The van der Waals surface area contributed by atoms with E-state index in [1.807, 2.05) is 31.2 Å². The van der Waals surface area contributed by atoms with Crippen molar-refractivity contribution in [3.8, 4) is 5.75 Å². The lowest BCUT2D eigenvalue weighted by Crippen LogP contribution is -2.22. The van der Waals surface area contributed by atoms with Crippen molar-refractivity contribution in [2.75, 3.05) is 13.2 Å². The van der Waals surface area contributed by atoms with E-state index < -0.39 is 0 Å². The van der Waals surface area contributed by atoms with Crippen molar-refractivity contribution >= 4 is 5.90 Å². The first-order valence-corrected chi connectivity index (χ1v) is 5.26.